The van der Waals surface area contributed by atoms with Gasteiger partial charge in [0.2, 0.25) is 59.1 Å². The van der Waals surface area contributed by atoms with E-state index < -0.39 is 181 Å². The highest BCUT2D eigenvalue weighted by atomic mass is 16.4. The first kappa shape index (κ1) is 86.3. The third-order valence-electron chi connectivity index (χ3n) is 18.3. The number of ketones is 1. The number of carbonyl (C=O) groups is 14. The van der Waals surface area contributed by atoms with Gasteiger partial charge in [-0.05, 0) is 102 Å². The summed E-state index contributed by atoms with van der Waals surface area (Å²) in [6, 6.07) is 0.197. The predicted octanol–water partition coefficient (Wildman–Crippen LogP) is -3.47. The molecule has 5 aromatic heterocycles. The average molecular weight is 1580 g/mol. The summed E-state index contributed by atoms with van der Waals surface area (Å²) in [6.07, 6.45) is 4.96. The summed E-state index contributed by atoms with van der Waals surface area (Å²) in [5, 5.41) is 77.0. The van der Waals surface area contributed by atoms with E-state index in [9.17, 15) is 92.3 Å². The Morgan fingerprint density at radius 2 is 1.39 bits per heavy atom. The van der Waals surface area contributed by atoms with Crippen LogP contribution >= 0.6 is 0 Å². The number of aliphatic carboxylic acids is 2. The number of aromatic amines is 3. The smallest absolute Gasteiger partial charge is 0.394 e. The van der Waals surface area contributed by atoms with Crippen molar-refractivity contribution in [3.05, 3.63) is 136 Å². The number of unbranched alkanes of at least 4 members (excludes halogenated alkanes) is 1. The third kappa shape index (κ3) is 26.8. The van der Waals surface area contributed by atoms with Crippen LogP contribution in [0.15, 0.2) is 90.8 Å². The van der Waals surface area contributed by atoms with Gasteiger partial charge in [0.25, 0.3) is 11.5 Å². The number of aryl methyl sites for hydroxylation is 3. The monoisotopic (exact) mass is 1580 g/mol. The number of anilines is 2. The molecule has 10 atom stereocenters. The molecule has 0 unspecified atom stereocenters. The van der Waals surface area contributed by atoms with E-state index in [-0.39, 0.29) is 117 Å². The van der Waals surface area contributed by atoms with Gasteiger partial charge in [-0.3, -0.25) is 77.3 Å². The Morgan fingerprint density at radius 1 is 0.719 bits per heavy atom. The molecule has 42 heteroatoms. The van der Waals surface area contributed by atoms with Crippen LogP contribution in [0, 0.1) is 12.8 Å². The number of rotatable bonds is 29. The molecule has 114 heavy (non-hydrogen) atoms. The summed E-state index contributed by atoms with van der Waals surface area (Å²) in [6.45, 7) is 3.44. The number of nitrogens with two attached hydrogens (primary N) is 1. The van der Waals surface area contributed by atoms with Gasteiger partial charge in [0, 0.05) is 98.8 Å². The number of aliphatic hydroxyl groups is 2. The number of benzene rings is 2. The molecule has 7 aromatic rings. The highest BCUT2D eigenvalue weighted by molar-refractivity contribution is 6.34. The fraction of sp³-hybridized carbons (Fsp3) is 0.444. The van der Waals surface area contributed by atoms with Crippen LogP contribution in [0.1, 0.15) is 129 Å². The van der Waals surface area contributed by atoms with Crippen molar-refractivity contribution in [2.24, 2.45) is 5.92 Å². The van der Waals surface area contributed by atoms with Gasteiger partial charge in [0.1, 0.15) is 42.3 Å². The molecule has 20 N–H and O–H groups in total. The van der Waals surface area contributed by atoms with Gasteiger partial charge in [0.15, 0.2) is 16.9 Å². The highest BCUT2D eigenvalue weighted by Gasteiger charge is 2.37. The van der Waals surface area contributed by atoms with Crippen LogP contribution in [0.25, 0.3) is 11.2 Å². The van der Waals surface area contributed by atoms with Gasteiger partial charge in [-0.1, -0.05) is 41.5 Å². The molecule has 0 radical (unpaired) electrons. The number of aliphatic hydroxyl groups excluding tert-OH is 2. The van der Waals surface area contributed by atoms with Crippen molar-refractivity contribution in [1.82, 2.24) is 108 Å². The molecule has 42 nitrogen and oxygen atoms in total. The fourth-order valence-electron chi connectivity index (χ4n) is 11.9. The number of fused-ring (bicyclic) bond motifs is 3. The second kappa shape index (κ2) is 42.2. The van der Waals surface area contributed by atoms with Crippen molar-refractivity contribution in [3.8, 4) is 0 Å². The molecule has 11 amide bonds. The summed E-state index contributed by atoms with van der Waals surface area (Å²) in [4.78, 5) is 232. The molecule has 2 aromatic carbocycles. The SMILES string of the molecule is Cc1ccc(CCCC(=O)NCCCC[C@H](CC(=O)[C@@H]2CCCCn3cc(nn3)C[C@H](NC(=O)CC[C@H](NC(=O)c3ccc(NCc4cnc5nc(N)[nH]c(=O)c5n4)cc3)C(=O)O)C(=O)N[C@H](Cc3cnc[nH]3)C(=O)N[C@H](CO)C(=O)N[C@H](Cc3cnc[nH]3)C(=O)N[C@H]([C@H](C)O)C(=O)N[C@H](C)C(=O)N2)C(=O)NC(=O)C(=O)O)cc1. The number of nitrogen functional groups attached to an aromatic ring is 1. The van der Waals surface area contributed by atoms with Crippen LogP contribution in [-0.2, 0) is 101 Å². The van der Waals surface area contributed by atoms with Crippen LogP contribution in [-0.4, -0.2) is 226 Å². The number of carboxylic acid groups (broad SMARTS) is 2. The number of H-pyrrole nitrogens is 3. The van der Waals surface area contributed by atoms with Crippen molar-refractivity contribution >= 4 is 106 Å². The lowest BCUT2D eigenvalue weighted by molar-refractivity contribution is -0.152. The van der Waals surface area contributed by atoms with Gasteiger partial charge >= 0.3 is 17.8 Å². The van der Waals surface area contributed by atoms with E-state index in [0.717, 1.165) is 18.1 Å². The molecule has 0 fully saturated rings. The standard InChI is InChI=1S/C72H91N23O19/c1-37-13-15-40(16-14-37)9-8-12-55(99)76-23-6-4-10-42(62(103)91-69(110)71(113)114)25-54(98)48-11-5-7-24-95-33-46(93-94-95)28-50(83-56(100)22-21-49(70(111)112)85-61(102)41-17-19-43(20-18-41)77-31-47-32-78-59-58(82-47)68(109)92-72(73)90-59)63(104)86-51(26-44-29-74-35-79-44)64(105)88-53(34-96)66(107)87-52(27-45-30-75-36-80-45)65(106)89-57(39(3)97)67(108)81-38(2)60(101)84-48/h13-20,29-30,32-33,35-36,38-39,42,48-53,57,77,96-97H,4-12,21-28,31,34H2,1-3H3,(H,74,79)(H,75,80)(H,76,99)(H,81,108)(H,83,100)(H,84,101)(H,85,102)(H,86,104)(H,87,107)(H,88,105)(H,89,106)(H,111,112)(H,113,114)(H,91,103,110)(H3,73,78,90,92,109)/t38-,39+,42-,48+,49+,50+,51-,52-,53-,57-/m1/s1. The normalized spacial score (nSPS) is 19.1. The molecule has 1 aliphatic heterocycles. The zero-order valence-corrected chi connectivity index (χ0v) is 62.4. The van der Waals surface area contributed by atoms with E-state index in [1.54, 1.807) is 5.32 Å². The van der Waals surface area contributed by atoms with Crippen molar-refractivity contribution in [1.29, 1.82) is 0 Å². The van der Waals surface area contributed by atoms with Gasteiger partial charge in [-0.2, -0.15) is 4.98 Å². The Kier molecular flexibility index (Phi) is 32.0. The van der Waals surface area contributed by atoms with E-state index in [4.69, 9.17) is 5.73 Å². The van der Waals surface area contributed by atoms with Crippen molar-refractivity contribution in [2.75, 3.05) is 24.2 Å². The van der Waals surface area contributed by atoms with Crippen molar-refractivity contribution in [3.63, 3.8) is 0 Å². The molecule has 0 saturated carbocycles. The number of carboxylic acids is 2. The lowest BCUT2D eigenvalue weighted by Crippen LogP contribution is -2.62. The topological polar surface area (TPSA) is 638 Å². The number of Topliss-reactive ketones (excluding diaryl/α,β-unsaturated/α-hetero) is 1. The minimum absolute atomic E-state index is 0.0162. The molecule has 8 rings (SSSR count). The van der Waals surface area contributed by atoms with E-state index in [0.29, 0.717) is 24.2 Å². The predicted molar refractivity (Wildman–Crippen MR) is 399 cm³/mol. The largest absolute Gasteiger partial charge is 0.480 e. The molecule has 0 spiro atoms. The zero-order chi connectivity index (χ0) is 82.5. The minimum atomic E-state index is -1.99. The summed E-state index contributed by atoms with van der Waals surface area (Å²) in [5.74, 6) is -17.3. The molecule has 0 saturated heterocycles. The molecular formula is C72H91N23O19. The number of aromatic nitrogens is 11. The Balaban J connectivity index is 1.01. The summed E-state index contributed by atoms with van der Waals surface area (Å²) in [5.41, 5.74) is 8.55. The number of hydrogen-bond donors (Lipinski definition) is 19. The third-order valence-corrected chi connectivity index (χ3v) is 18.3. The quantitative estimate of drug-likeness (QED) is 0.0160. The molecule has 1 aliphatic rings. The van der Waals surface area contributed by atoms with Gasteiger partial charge in [0.05, 0.1) is 55.5 Å². The number of imidazole rings is 2. The number of nitrogens with zero attached hydrogens (tertiary/aromatic N) is 8. The first-order valence-corrected chi connectivity index (χ1v) is 36.6. The van der Waals surface area contributed by atoms with E-state index in [1.807, 2.05) is 31.2 Å². The van der Waals surface area contributed by atoms with Gasteiger partial charge < -0.3 is 89.3 Å². The summed E-state index contributed by atoms with van der Waals surface area (Å²) in [7, 11) is 0. The zero-order valence-electron chi connectivity index (χ0n) is 62.4. The van der Waals surface area contributed by atoms with Crippen LogP contribution in [0.4, 0.5) is 11.6 Å². The number of imide groups is 1. The fourth-order valence-corrected chi connectivity index (χ4v) is 11.9. The maximum atomic E-state index is 14.8. The van der Waals surface area contributed by atoms with Crippen LogP contribution in [0.3, 0.4) is 0 Å². The van der Waals surface area contributed by atoms with E-state index >= 15 is 0 Å². The Hall–Kier alpha value is -13.3. The Labute approximate surface area is 649 Å². The number of nitrogens with one attached hydrogen (secondary N) is 14. The molecule has 6 heterocycles. The van der Waals surface area contributed by atoms with Crippen molar-refractivity contribution in [2.45, 2.75) is 185 Å². The van der Waals surface area contributed by atoms with Crippen molar-refractivity contribution < 1.29 is 87.5 Å². The molecule has 0 aliphatic carbocycles. The van der Waals surface area contributed by atoms with Crippen LogP contribution in [0.2, 0.25) is 0 Å². The maximum absolute atomic E-state index is 14.8. The van der Waals surface area contributed by atoms with Gasteiger partial charge in [-0.25, -0.2) is 29.5 Å². The first-order valence-electron chi connectivity index (χ1n) is 36.6. The van der Waals surface area contributed by atoms with Crippen LogP contribution in [0.5, 0.6) is 0 Å². The number of carbonyl (C=O) groups excluding carboxylic acids is 12. The van der Waals surface area contributed by atoms with Gasteiger partial charge in [-0.15, -0.1) is 5.10 Å². The second-order valence-electron chi connectivity index (χ2n) is 27.2. The lowest BCUT2D eigenvalue weighted by Gasteiger charge is -2.28. The summed E-state index contributed by atoms with van der Waals surface area (Å²) < 4.78 is 1.33. The number of hydrogen-bond acceptors (Lipinski definition) is 26. The first-order chi connectivity index (χ1) is 54.5. The Morgan fingerprint density at radius 3 is 2.04 bits per heavy atom. The maximum Gasteiger partial charge on any atom is 0.394 e. The lowest BCUT2D eigenvalue weighted by atomic mass is 9.91. The molecule has 2 bridgehead atoms. The Bertz CT molecular complexity index is 4610. The second-order valence-corrected chi connectivity index (χ2v) is 27.2. The molecular weight excluding hydrogens is 1490 g/mol. The molecule has 608 valence electrons. The average Bonchev–Trinajstić information content (AvgIpc) is 0.941. The minimum Gasteiger partial charge on any atom is -0.480 e. The van der Waals surface area contributed by atoms with E-state index in [1.165, 1.54) is 73.3 Å². The summed E-state index contributed by atoms with van der Waals surface area (Å²) >= 11 is 0. The van der Waals surface area contributed by atoms with Crippen LogP contribution < -0.4 is 69.8 Å². The highest BCUT2D eigenvalue weighted by Crippen LogP contribution is 2.20. The van der Waals surface area contributed by atoms with E-state index in [2.05, 4.69) is 103 Å². The number of amides is 11.